The third-order valence-corrected chi connectivity index (χ3v) is 6.57. The van der Waals surface area contributed by atoms with E-state index in [1.807, 2.05) is 32.3 Å². The number of aryl methyl sites for hydroxylation is 2. The van der Waals surface area contributed by atoms with Crippen molar-refractivity contribution in [2.45, 2.75) is 65.7 Å². The first kappa shape index (κ1) is 19.8. The fourth-order valence-electron chi connectivity index (χ4n) is 3.67. The van der Waals surface area contributed by atoms with Gasteiger partial charge in [0.1, 0.15) is 5.69 Å². The molecule has 7 heteroatoms. The molecule has 152 valence electrons. The molecule has 4 heterocycles. The Bertz CT molecular complexity index is 1220. The topological polar surface area (TPSA) is 64.6 Å². The molecule has 6 nitrogen and oxygen atoms in total. The fourth-order valence-corrected chi connectivity index (χ4v) is 4.74. The van der Waals surface area contributed by atoms with Gasteiger partial charge in [-0.15, -0.1) is 11.3 Å². The second kappa shape index (κ2) is 8.06. The number of thiazole rings is 1. The van der Waals surface area contributed by atoms with Gasteiger partial charge in [-0.1, -0.05) is 39.5 Å². The summed E-state index contributed by atoms with van der Waals surface area (Å²) in [6, 6.07) is 3.53. The van der Waals surface area contributed by atoms with E-state index < -0.39 is 0 Å². The number of rotatable bonds is 7. The summed E-state index contributed by atoms with van der Waals surface area (Å²) in [6.07, 6.45) is 10.0. The second-order valence-electron chi connectivity index (χ2n) is 7.88. The predicted octanol–water partition coefficient (Wildman–Crippen LogP) is 5.16. The zero-order valence-corrected chi connectivity index (χ0v) is 18.3. The maximum atomic E-state index is 12.7. The SMILES string of the molecule is CCCCCCC(C)c1cn2c(=O)cc(-c3cc(C)c4nc(C)cn4n3)nc2s1. The van der Waals surface area contributed by atoms with Crippen molar-refractivity contribution >= 4 is 21.9 Å². The van der Waals surface area contributed by atoms with Gasteiger partial charge in [-0.25, -0.2) is 14.5 Å². The monoisotopic (exact) mass is 409 g/mol. The molecule has 1 unspecified atom stereocenters. The number of hydrogen-bond acceptors (Lipinski definition) is 5. The Balaban J connectivity index is 1.68. The van der Waals surface area contributed by atoms with Crippen LogP contribution in [0.5, 0.6) is 0 Å². The zero-order chi connectivity index (χ0) is 20.5. The molecule has 0 saturated carbocycles. The molecule has 0 aromatic carbocycles. The van der Waals surface area contributed by atoms with Gasteiger partial charge in [-0.05, 0) is 37.8 Å². The van der Waals surface area contributed by atoms with E-state index in [4.69, 9.17) is 4.98 Å². The molecule has 0 N–H and O–H groups in total. The van der Waals surface area contributed by atoms with Gasteiger partial charge in [0, 0.05) is 17.1 Å². The summed E-state index contributed by atoms with van der Waals surface area (Å²) < 4.78 is 3.43. The van der Waals surface area contributed by atoms with Crippen molar-refractivity contribution in [3.8, 4) is 11.4 Å². The van der Waals surface area contributed by atoms with Crippen molar-refractivity contribution in [3.63, 3.8) is 0 Å². The number of imidazole rings is 1. The van der Waals surface area contributed by atoms with Crippen LogP contribution in [0.15, 0.2) is 29.3 Å². The molecule has 0 saturated heterocycles. The Morgan fingerprint density at radius 3 is 2.69 bits per heavy atom. The summed E-state index contributed by atoms with van der Waals surface area (Å²) >= 11 is 1.61. The van der Waals surface area contributed by atoms with Crippen molar-refractivity contribution in [2.75, 3.05) is 0 Å². The Kier molecular flexibility index (Phi) is 5.50. The van der Waals surface area contributed by atoms with Crippen LogP contribution in [0.1, 0.15) is 68.0 Å². The van der Waals surface area contributed by atoms with Crippen molar-refractivity contribution in [3.05, 3.63) is 51.0 Å². The number of nitrogens with zero attached hydrogens (tertiary/aromatic N) is 5. The van der Waals surface area contributed by atoms with Gasteiger partial charge in [-0.2, -0.15) is 5.10 Å². The van der Waals surface area contributed by atoms with E-state index in [9.17, 15) is 4.79 Å². The van der Waals surface area contributed by atoms with Gasteiger partial charge in [-0.3, -0.25) is 9.20 Å². The van der Waals surface area contributed by atoms with Gasteiger partial charge in [0.15, 0.2) is 10.6 Å². The summed E-state index contributed by atoms with van der Waals surface area (Å²) in [4.78, 5) is 23.9. The molecule has 4 aromatic heterocycles. The summed E-state index contributed by atoms with van der Waals surface area (Å²) in [6.45, 7) is 8.42. The molecular weight excluding hydrogens is 382 g/mol. The van der Waals surface area contributed by atoms with Crippen LogP contribution in [-0.4, -0.2) is 24.0 Å². The maximum absolute atomic E-state index is 12.7. The van der Waals surface area contributed by atoms with Gasteiger partial charge in [0.25, 0.3) is 5.56 Å². The van der Waals surface area contributed by atoms with Gasteiger partial charge in [0.05, 0.1) is 17.6 Å². The summed E-state index contributed by atoms with van der Waals surface area (Å²) in [7, 11) is 0. The minimum Gasteiger partial charge on any atom is -0.269 e. The molecule has 29 heavy (non-hydrogen) atoms. The predicted molar refractivity (Wildman–Crippen MR) is 118 cm³/mol. The highest BCUT2D eigenvalue weighted by Gasteiger charge is 2.15. The standard InChI is InChI=1S/C22H27N5OS/c1-5-6-7-8-9-14(2)19-13-26-20(28)11-17(24-22(26)29-19)18-10-15(3)21-23-16(4)12-27(21)25-18/h10-14H,5-9H2,1-4H3. The van der Waals surface area contributed by atoms with E-state index in [-0.39, 0.29) is 5.56 Å². The van der Waals surface area contributed by atoms with Gasteiger partial charge >= 0.3 is 0 Å². The van der Waals surface area contributed by atoms with E-state index in [1.54, 1.807) is 26.3 Å². The zero-order valence-electron chi connectivity index (χ0n) is 17.5. The second-order valence-corrected chi connectivity index (χ2v) is 8.92. The highest BCUT2D eigenvalue weighted by atomic mass is 32.1. The lowest BCUT2D eigenvalue weighted by Crippen LogP contribution is -2.12. The fraction of sp³-hybridized carbons (Fsp3) is 0.455. The molecule has 1 atom stereocenters. The number of unbranched alkanes of at least 4 members (excludes halogenated alkanes) is 3. The van der Waals surface area contributed by atoms with Crippen molar-refractivity contribution in [1.29, 1.82) is 0 Å². The molecule has 0 fully saturated rings. The molecule has 0 bridgehead atoms. The van der Waals surface area contributed by atoms with Crippen LogP contribution in [0, 0.1) is 13.8 Å². The smallest absolute Gasteiger partial charge is 0.259 e. The Labute approximate surface area is 174 Å². The molecule has 0 aliphatic rings. The average molecular weight is 410 g/mol. The number of aromatic nitrogens is 5. The first-order chi connectivity index (χ1) is 14.0. The van der Waals surface area contributed by atoms with Crippen LogP contribution in [0.4, 0.5) is 0 Å². The van der Waals surface area contributed by atoms with Crippen molar-refractivity contribution in [1.82, 2.24) is 24.0 Å². The first-order valence-corrected chi connectivity index (χ1v) is 11.1. The average Bonchev–Trinajstić information content (AvgIpc) is 3.28. The lowest BCUT2D eigenvalue weighted by Gasteiger charge is -2.07. The van der Waals surface area contributed by atoms with Gasteiger partial charge in [0.2, 0.25) is 0 Å². The van der Waals surface area contributed by atoms with E-state index in [0.29, 0.717) is 17.3 Å². The van der Waals surface area contributed by atoms with E-state index in [0.717, 1.165) is 28.3 Å². The molecule has 4 rings (SSSR count). The third kappa shape index (κ3) is 3.96. The Hall–Kier alpha value is -2.54. The molecule has 0 amide bonds. The Morgan fingerprint density at radius 1 is 1.07 bits per heavy atom. The summed E-state index contributed by atoms with van der Waals surface area (Å²) in [5, 5.41) is 4.62. The van der Waals surface area contributed by atoms with Crippen molar-refractivity contribution < 1.29 is 0 Å². The molecular formula is C22H27N5OS. The summed E-state index contributed by atoms with van der Waals surface area (Å²) in [5.74, 6) is 0.437. The van der Waals surface area contributed by atoms with Crippen LogP contribution in [-0.2, 0) is 0 Å². The molecule has 4 aromatic rings. The number of fused-ring (bicyclic) bond motifs is 2. The molecule has 0 spiro atoms. The summed E-state index contributed by atoms with van der Waals surface area (Å²) in [5.41, 5.74) is 3.99. The largest absolute Gasteiger partial charge is 0.269 e. The molecule has 0 aliphatic carbocycles. The number of hydrogen-bond donors (Lipinski definition) is 0. The Morgan fingerprint density at radius 2 is 1.90 bits per heavy atom. The van der Waals surface area contributed by atoms with Crippen LogP contribution in [0.3, 0.4) is 0 Å². The van der Waals surface area contributed by atoms with Crippen LogP contribution in [0.25, 0.3) is 22.0 Å². The third-order valence-electron chi connectivity index (χ3n) is 5.35. The van der Waals surface area contributed by atoms with Crippen LogP contribution >= 0.6 is 11.3 Å². The minimum atomic E-state index is -0.0629. The highest BCUT2D eigenvalue weighted by Crippen LogP contribution is 2.29. The normalized spacial score (nSPS) is 12.8. The first-order valence-electron chi connectivity index (χ1n) is 10.3. The lowest BCUT2D eigenvalue weighted by molar-refractivity contribution is 0.584. The molecule has 0 aliphatic heterocycles. The van der Waals surface area contributed by atoms with E-state index >= 15 is 0 Å². The minimum absolute atomic E-state index is 0.0629. The maximum Gasteiger partial charge on any atom is 0.259 e. The van der Waals surface area contributed by atoms with Crippen LogP contribution < -0.4 is 5.56 Å². The molecule has 0 radical (unpaired) electrons. The highest BCUT2D eigenvalue weighted by molar-refractivity contribution is 7.17. The van der Waals surface area contributed by atoms with Crippen LogP contribution in [0.2, 0.25) is 0 Å². The van der Waals surface area contributed by atoms with E-state index in [1.165, 1.54) is 30.6 Å². The van der Waals surface area contributed by atoms with E-state index in [2.05, 4.69) is 23.9 Å². The lowest BCUT2D eigenvalue weighted by atomic mass is 10.0. The van der Waals surface area contributed by atoms with Crippen molar-refractivity contribution in [2.24, 2.45) is 0 Å². The quantitative estimate of drug-likeness (QED) is 0.396. The van der Waals surface area contributed by atoms with Gasteiger partial charge < -0.3 is 0 Å².